The number of aliphatic imine (C=N–C) groups is 1. The summed E-state index contributed by atoms with van der Waals surface area (Å²) in [6, 6.07) is 6.21. The number of hydrogen-bond acceptors (Lipinski definition) is 3. The summed E-state index contributed by atoms with van der Waals surface area (Å²) in [5.74, 6) is 2.27. The second-order valence-electron chi connectivity index (χ2n) is 6.70. The van der Waals surface area contributed by atoms with Crippen molar-refractivity contribution in [2.45, 2.75) is 33.2 Å². The number of carbonyl (C=O) groups excluding carboxylic acids is 1. The summed E-state index contributed by atoms with van der Waals surface area (Å²) in [6.07, 6.45) is 2.54. The van der Waals surface area contributed by atoms with Gasteiger partial charge in [-0.05, 0) is 44.2 Å². The van der Waals surface area contributed by atoms with Gasteiger partial charge in [0.05, 0.1) is 19.7 Å². The van der Waals surface area contributed by atoms with E-state index in [1.165, 1.54) is 18.4 Å². The zero-order valence-electron chi connectivity index (χ0n) is 16.2. The molecule has 6 nitrogen and oxygen atoms in total. The number of ether oxygens (including phenoxy) is 1. The lowest BCUT2D eigenvalue weighted by atomic mass is 10.1. The van der Waals surface area contributed by atoms with Crippen LogP contribution in [0.5, 0.6) is 5.75 Å². The third-order valence-electron chi connectivity index (χ3n) is 4.05. The van der Waals surface area contributed by atoms with Crippen molar-refractivity contribution in [1.82, 2.24) is 15.5 Å². The normalized spacial score (nSPS) is 13.6. The van der Waals surface area contributed by atoms with Crippen molar-refractivity contribution in [3.63, 3.8) is 0 Å². The van der Waals surface area contributed by atoms with Crippen LogP contribution in [0, 0.1) is 12.8 Å². The maximum Gasteiger partial charge on any atom is 0.241 e. The monoisotopic (exact) mass is 474 g/mol. The van der Waals surface area contributed by atoms with Crippen LogP contribution < -0.4 is 15.4 Å². The highest BCUT2D eigenvalue weighted by Crippen LogP contribution is 2.30. The molecule has 2 N–H and O–H groups in total. The molecule has 0 spiro atoms. The summed E-state index contributed by atoms with van der Waals surface area (Å²) >= 11 is 0. The lowest BCUT2D eigenvalue weighted by Gasteiger charge is -2.15. The number of hydrogen-bond donors (Lipinski definition) is 2. The Hall–Kier alpha value is -1.51. The minimum atomic E-state index is 0. The van der Waals surface area contributed by atoms with E-state index in [4.69, 9.17) is 4.74 Å². The van der Waals surface area contributed by atoms with Crippen LogP contribution in [0.4, 0.5) is 0 Å². The molecule has 26 heavy (non-hydrogen) atoms. The van der Waals surface area contributed by atoms with Crippen LogP contribution >= 0.6 is 24.0 Å². The minimum absolute atomic E-state index is 0. The van der Waals surface area contributed by atoms with E-state index in [0.717, 1.165) is 24.5 Å². The smallest absolute Gasteiger partial charge is 0.241 e. The first-order valence-corrected chi connectivity index (χ1v) is 8.94. The van der Waals surface area contributed by atoms with E-state index in [-0.39, 0.29) is 36.4 Å². The Balaban J connectivity index is 0.00000338. The molecular formula is C19H31IN4O2. The standard InChI is InChI=1S/C19H30N4O2.HI/c1-5-20-19(22-12-18(24)23(3)4)21-11-16-9-6-14(2)10-17(16)25-13-15-7-8-15;/h6,9-10,15H,5,7-8,11-13H2,1-4H3,(H2,20,21,22);1H. The Labute approximate surface area is 173 Å². The van der Waals surface area contributed by atoms with E-state index in [1.54, 1.807) is 19.0 Å². The molecule has 1 amide bonds. The maximum absolute atomic E-state index is 11.7. The van der Waals surface area contributed by atoms with Crippen LogP contribution in [-0.4, -0.2) is 50.6 Å². The van der Waals surface area contributed by atoms with Gasteiger partial charge in [-0.15, -0.1) is 24.0 Å². The van der Waals surface area contributed by atoms with Gasteiger partial charge in [-0.3, -0.25) is 4.79 Å². The fourth-order valence-corrected chi connectivity index (χ4v) is 2.24. The first-order chi connectivity index (χ1) is 12.0. The zero-order valence-corrected chi connectivity index (χ0v) is 18.5. The van der Waals surface area contributed by atoms with Gasteiger partial charge in [0.1, 0.15) is 5.75 Å². The van der Waals surface area contributed by atoms with Crippen molar-refractivity contribution in [2.24, 2.45) is 10.9 Å². The average Bonchev–Trinajstić information content (AvgIpc) is 3.40. The average molecular weight is 474 g/mol. The predicted octanol–water partition coefficient (Wildman–Crippen LogP) is 2.55. The van der Waals surface area contributed by atoms with Crippen LogP contribution in [0.25, 0.3) is 0 Å². The lowest BCUT2D eigenvalue weighted by molar-refractivity contribution is -0.127. The Bertz CT molecular complexity index is 616. The summed E-state index contributed by atoms with van der Waals surface area (Å²) in [5, 5.41) is 6.24. The van der Waals surface area contributed by atoms with E-state index >= 15 is 0 Å². The number of benzene rings is 1. The molecule has 1 aliphatic rings. The van der Waals surface area contributed by atoms with Crippen molar-refractivity contribution in [3.8, 4) is 5.75 Å². The quantitative estimate of drug-likeness (QED) is 0.346. The largest absolute Gasteiger partial charge is 0.493 e. The summed E-state index contributed by atoms with van der Waals surface area (Å²) < 4.78 is 5.99. The van der Waals surface area contributed by atoms with Crippen molar-refractivity contribution in [3.05, 3.63) is 29.3 Å². The highest BCUT2D eigenvalue weighted by atomic mass is 127. The molecule has 0 heterocycles. The molecule has 0 aliphatic heterocycles. The van der Waals surface area contributed by atoms with Crippen LogP contribution in [0.1, 0.15) is 30.9 Å². The van der Waals surface area contributed by atoms with Crippen molar-refractivity contribution in [1.29, 1.82) is 0 Å². The van der Waals surface area contributed by atoms with Gasteiger partial charge in [-0.2, -0.15) is 0 Å². The predicted molar refractivity (Wildman–Crippen MR) is 116 cm³/mol. The maximum atomic E-state index is 11.7. The molecule has 0 atom stereocenters. The number of halogens is 1. The molecule has 1 fully saturated rings. The summed E-state index contributed by atoms with van der Waals surface area (Å²) in [6.45, 7) is 6.32. The van der Waals surface area contributed by atoms with E-state index in [0.29, 0.717) is 18.4 Å². The van der Waals surface area contributed by atoms with Gasteiger partial charge in [-0.1, -0.05) is 12.1 Å². The first kappa shape index (κ1) is 22.5. The van der Waals surface area contributed by atoms with E-state index in [2.05, 4.69) is 40.7 Å². The SMILES string of the molecule is CCNC(=NCc1ccc(C)cc1OCC1CC1)NCC(=O)N(C)C.I. The van der Waals surface area contributed by atoms with Crippen molar-refractivity contribution >= 4 is 35.8 Å². The molecule has 0 unspecified atom stereocenters. The summed E-state index contributed by atoms with van der Waals surface area (Å²) in [7, 11) is 3.48. The van der Waals surface area contributed by atoms with Crippen molar-refractivity contribution in [2.75, 3.05) is 33.8 Å². The minimum Gasteiger partial charge on any atom is -0.493 e. The van der Waals surface area contributed by atoms with Crippen molar-refractivity contribution < 1.29 is 9.53 Å². The molecule has 1 aromatic carbocycles. The Kier molecular flexibility index (Phi) is 9.75. The molecule has 1 saturated carbocycles. The highest BCUT2D eigenvalue weighted by Gasteiger charge is 2.22. The number of rotatable bonds is 8. The number of aryl methyl sites for hydroxylation is 1. The number of nitrogens with zero attached hydrogens (tertiary/aromatic N) is 2. The molecule has 0 aromatic heterocycles. The van der Waals surface area contributed by atoms with Crippen LogP contribution in [0.15, 0.2) is 23.2 Å². The molecule has 146 valence electrons. The van der Waals surface area contributed by atoms with E-state index in [1.807, 2.05) is 6.92 Å². The number of likely N-dealkylation sites (N-methyl/N-ethyl adjacent to an activating group) is 1. The van der Waals surface area contributed by atoms with Crippen LogP contribution in [-0.2, 0) is 11.3 Å². The fraction of sp³-hybridized carbons (Fsp3) is 0.579. The molecule has 0 bridgehead atoms. The Morgan fingerprint density at radius 2 is 2.04 bits per heavy atom. The molecular weight excluding hydrogens is 443 g/mol. The van der Waals surface area contributed by atoms with Gasteiger partial charge in [0.15, 0.2) is 5.96 Å². The summed E-state index contributed by atoms with van der Waals surface area (Å²) in [5.41, 5.74) is 2.24. The Morgan fingerprint density at radius 3 is 2.65 bits per heavy atom. The number of amides is 1. The fourth-order valence-electron chi connectivity index (χ4n) is 2.24. The third kappa shape index (κ3) is 7.80. The van der Waals surface area contributed by atoms with Gasteiger partial charge in [-0.25, -0.2) is 4.99 Å². The van der Waals surface area contributed by atoms with Crippen LogP contribution in [0.2, 0.25) is 0 Å². The van der Waals surface area contributed by atoms with Gasteiger partial charge < -0.3 is 20.3 Å². The number of nitrogens with one attached hydrogen (secondary N) is 2. The molecule has 0 radical (unpaired) electrons. The molecule has 2 rings (SSSR count). The lowest BCUT2D eigenvalue weighted by Crippen LogP contribution is -2.42. The number of guanidine groups is 1. The highest BCUT2D eigenvalue weighted by molar-refractivity contribution is 14.0. The summed E-state index contributed by atoms with van der Waals surface area (Å²) in [4.78, 5) is 17.9. The second-order valence-corrected chi connectivity index (χ2v) is 6.70. The third-order valence-corrected chi connectivity index (χ3v) is 4.05. The zero-order chi connectivity index (χ0) is 18.2. The molecule has 0 saturated heterocycles. The second kappa shape index (κ2) is 11.3. The van der Waals surface area contributed by atoms with E-state index in [9.17, 15) is 4.79 Å². The molecule has 1 aliphatic carbocycles. The molecule has 7 heteroatoms. The van der Waals surface area contributed by atoms with Gasteiger partial charge in [0, 0.05) is 26.2 Å². The van der Waals surface area contributed by atoms with Crippen LogP contribution in [0.3, 0.4) is 0 Å². The topological polar surface area (TPSA) is 66.0 Å². The van der Waals surface area contributed by atoms with Gasteiger partial charge in [0.2, 0.25) is 5.91 Å². The first-order valence-electron chi connectivity index (χ1n) is 8.94. The van der Waals surface area contributed by atoms with E-state index < -0.39 is 0 Å². The number of carbonyl (C=O) groups is 1. The van der Waals surface area contributed by atoms with Gasteiger partial charge in [0.25, 0.3) is 0 Å². The van der Waals surface area contributed by atoms with Gasteiger partial charge >= 0.3 is 0 Å². The Morgan fingerprint density at radius 1 is 1.31 bits per heavy atom. The molecule has 1 aromatic rings.